The van der Waals surface area contributed by atoms with E-state index in [1.54, 1.807) is 24.3 Å². The van der Waals surface area contributed by atoms with E-state index in [-0.39, 0.29) is 25.0 Å². The van der Waals surface area contributed by atoms with Gasteiger partial charge in [0.15, 0.2) is 0 Å². The molecule has 0 saturated carbocycles. The number of aromatic carboxylic acids is 1. The number of carboxylic acids is 1. The summed E-state index contributed by atoms with van der Waals surface area (Å²) in [5.74, 6) is 16.0. The first-order valence-corrected chi connectivity index (χ1v) is 43.2. The van der Waals surface area contributed by atoms with Crippen molar-refractivity contribution in [1.29, 1.82) is 0 Å². The maximum atomic E-state index is 12.1. The molecule has 7 aromatic rings. The quantitative estimate of drug-likeness (QED) is 0.0222. The monoisotopic (exact) mass is 1550 g/mol. The Balaban J connectivity index is 0.0000155. The van der Waals surface area contributed by atoms with Crippen LogP contribution in [0.2, 0.25) is 0 Å². The molecule has 0 fully saturated rings. The van der Waals surface area contributed by atoms with Gasteiger partial charge in [-0.1, -0.05) is 319 Å². The molecule has 5 heterocycles. The number of aromatic nitrogens is 4. The molecule has 588 valence electrons. The fourth-order valence-electron chi connectivity index (χ4n) is 14.7. The second kappa shape index (κ2) is 51.4. The zero-order valence-electron chi connectivity index (χ0n) is 68.7. The molecule has 0 atom stereocenters. The van der Waals surface area contributed by atoms with E-state index < -0.39 is 5.97 Å². The molecule has 2 aliphatic heterocycles. The number of rotatable bonds is 52. The van der Waals surface area contributed by atoms with Gasteiger partial charge in [-0.25, -0.2) is 14.8 Å². The van der Waals surface area contributed by atoms with Crippen molar-refractivity contribution >= 4 is 58.0 Å². The van der Waals surface area contributed by atoms with Gasteiger partial charge in [0.05, 0.1) is 65.9 Å². The maximum Gasteiger partial charge on any atom is 2.00 e. The number of anilines is 1. The van der Waals surface area contributed by atoms with Gasteiger partial charge in [-0.15, -0.1) is 22.1 Å². The van der Waals surface area contributed by atoms with E-state index in [0.717, 1.165) is 84.9 Å². The van der Waals surface area contributed by atoms with Gasteiger partial charge in [0, 0.05) is 53.2 Å². The third-order valence-electron chi connectivity index (χ3n) is 21.3. The normalized spacial score (nSPS) is 11.4. The van der Waals surface area contributed by atoms with Crippen LogP contribution in [-0.2, 0) is 19.5 Å². The Morgan fingerprint density at radius 1 is 0.333 bits per heavy atom. The molecule has 0 spiro atoms. The second-order valence-electron chi connectivity index (χ2n) is 30.6. The molecule has 3 aromatic heterocycles. The number of fused-ring (bicyclic) bond motifs is 8. The number of hydrogen-bond donors (Lipinski definition) is 1. The van der Waals surface area contributed by atoms with Crippen molar-refractivity contribution in [3.8, 4) is 68.9 Å². The number of benzene rings is 4. The van der Waals surface area contributed by atoms with Crippen molar-refractivity contribution in [3.05, 3.63) is 160 Å². The van der Waals surface area contributed by atoms with E-state index in [0.29, 0.717) is 111 Å². The van der Waals surface area contributed by atoms with Crippen molar-refractivity contribution in [3.63, 3.8) is 0 Å². The Morgan fingerprint density at radius 2 is 0.604 bits per heavy atom. The Morgan fingerprint density at radius 3 is 0.892 bits per heavy atom. The summed E-state index contributed by atoms with van der Waals surface area (Å²) >= 11 is 0. The van der Waals surface area contributed by atoms with Gasteiger partial charge in [-0.2, -0.15) is 0 Å². The minimum absolute atomic E-state index is 0. The molecule has 0 radical (unpaired) electrons. The number of carboxylic acid groups (broad SMARTS) is 1. The summed E-state index contributed by atoms with van der Waals surface area (Å²) in [5, 5.41) is 9.93. The van der Waals surface area contributed by atoms with Gasteiger partial charge in [-0.3, -0.25) is 0 Å². The minimum atomic E-state index is -1.00. The predicted octanol–water partition coefficient (Wildman–Crippen LogP) is 27.0. The van der Waals surface area contributed by atoms with Crippen molar-refractivity contribution in [2.45, 2.75) is 285 Å². The molecular weight excluding hydrogens is 1420 g/mol. The van der Waals surface area contributed by atoms with Crippen LogP contribution in [0.1, 0.15) is 340 Å². The first kappa shape index (κ1) is 88.3. The number of nitrogens with zero attached hydrogens (tertiary/aromatic N) is 5. The van der Waals surface area contributed by atoms with E-state index in [2.05, 4.69) is 141 Å². The van der Waals surface area contributed by atoms with Crippen LogP contribution in [0.4, 0.5) is 5.69 Å². The van der Waals surface area contributed by atoms with E-state index in [1.807, 2.05) is 38.4 Å². The maximum absolute atomic E-state index is 12.1. The molecule has 4 aromatic carbocycles. The van der Waals surface area contributed by atoms with Gasteiger partial charge in [-0.05, 0) is 123 Å². The van der Waals surface area contributed by atoms with Crippen LogP contribution in [0.3, 0.4) is 0 Å². The number of ether oxygens (including phenoxy) is 4. The summed E-state index contributed by atoms with van der Waals surface area (Å²) in [7, 11) is 4.10. The van der Waals surface area contributed by atoms with Crippen LogP contribution in [0.25, 0.3) is 68.6 Å². The Bertz CT molecular complexity index is 4090. The molecule has 8 bridgehead atoms. The van der Waals surface area contributed by atoms with Crippen molar-refractivity contribution in [1.82, 2.24) is 19.9 Å². The number of hydrogen-bond acceptors (Lipinski definition) is 8. The number of unbranched alkanes of at least 4 members (excludes halogenated alkanes) is 36. The molecule has 111 heavy (non-hydrogen) atoms. The van der Waals surface area contributed by atoms with Crippen molar-refractivity contribution < 1.29 is 48.3 Å². The summed E-state index contributed by atoms with van der Waals surface area (Å²) in [6.45, 7) is 11.3. The first-order valence-electron chi connectivity index (χ1n) is 43.2. The van der Waals surface area contributed by atoms with E-state index >= 15 is 0 Å². The van der Waals surface area contributed by atoms with Crippen LogP contribution in [0.5, 0.6) is 23.0 Å². The van der Waals surface area contributed by atoms with Crippen LogP contribution in [0, 0.1) is 23.7 Å². The molecule has 9 rings (SSSR count). The van der Waals surface area contributed by atoms with Gasteiger partial charge >= 0.3 is 25.4 Å². The average Bonchev–Trinajstić information content (AvgIpc) is 1.64. The predicted molar refractivity (Wildman–Crippen MR) is 463 cm³/mol. The second-order valence-corrected chi connectivity index (χ2v) is 30.6. The molecule has 0 unspecified atom stereocenters. The molecule has 12 heteroatoms. The summed E-state index contributed by atoms with van der Waals surface area (Å²) < 4.78 is 28.1. The zero-order chi connectivity index (χ0) is 77.0. The molecule has 2 aliphatic rings. The summed E-state index contributed by atoms with van der Waals surface area (Å²) in [4.78, 5) is 36.9. The standard InChI is InChI=1S/C99H130N5O6.Zn/c1-7-11-15-19-23-27-31-35-39-43-73-107-91-49-47-50-92(108-74-44-40-36-32-28-24-20-16-12-8-2)97(91)95-87-69-65-83(100-87)81(63-57-77-53-59-79(60-54-77)99(105)106)84-66-70-88(101-84)96(90-72-68-86(103-90)82(85-67-71-89(95)102-85)64-58-78-55-61-80(62-56-78)104(5)6)98-93(109-75-45-41-37-33-29-25-21-17-13-9-3)51-48-52-94(98)110-76-46-42-38-34-30-26-22-18-14-10-4;/h47-56,59-62,65-72H,7-46,73-76H2,1-6H3,(H2-,100,101,102,103,105,106);/q-1;+2/p-1. The fourth-order valence-corrected chi connectivity index (χ4v) is 14.7. The van der Waals surface area contributed by atoms with E-state index in [9.17, 15) is 9.90 Å². The zero-order valence-corrected chi connectivity index (χ0v) is 71.7. The Hall–Kier alpha value is -8.31. The largest absolute Gasteiger partial charge is 2.00 e. The summed E-state index contributed by atoms with van der Waals surface area (Å²) in [6.07, 6.45) is 57.2. The minimum Gasteiger partial charge on any atom is -0.656 e. The Labute approximate surface area is 680 Å². The van der Waals surface area contributed by atoms with Gasteiger partial charge < -0.3 is 38.9 Å². The Kier molecular flexibility index (Phi) is 40.8. The average molecular weight is 1550 g/mol. The number of carbonyl (C=O) groups is 1. The van der Waals surface area contributed by atoms with E-state index in [4.69, 9.17) is 38.9 Å². The smallest absolute Gasteiger partial charge is 0.656 e. The molecule has 0 saturated heterocycles. The SMILES string of the molecule is CCCCCCCCCCCCOc1cccc(OCCCCCCCCCCCC)c1-c1c2nc(c(C#Cc3ccc(N(C)C)cc3)c3ccc([n-]3)c(-c3c(OCCCCCCCCCCCC)cccc3OCCCCCCCCCCCC)c3nc(c(C#Cc4ccc(C(=O)O)cc4)c4ccc1[n-]4)C=C3)C=C2.[Zn+2]. The van der Waals surface area contributed by atoms with Gasteiger partial charge in [0.25, 0.3) is 0 Å². The van der Waals surface area contributed by atoms with Gasteiger partial charge in [0.2, 0.25) is 0 Å². The molecular formula is C99H129N5O6Zn. The summed E-state index contributed by atoms with van der Waals surface area (Å²) in [6, 6.07) is 35.6. The molecule has 0 aliphatic carbocycles. The molecule has 1 N–H and O–H groups in total. The molecule has 11 nitrogen and oxygen atoms in total. The molecule has 0 amide bonds. The summed E-state index contributed by atoms with van der Waals surface area (Å²) in [5.41, 5.74) is 12.2. The van der Waals surface area contributed by atoms with Crippen LogP contribution < -0.4 is 33.8 Å². The van der Waals surface area contributed by atoms with Crippen LogP contribution in [0.15, 0.2) is 109 Å². The van der Waals surface area contributed by atoms with Crippen molar-refractivity contribution in [2.24, 2.45) is 0 Å². The fraction of sp³-hybridized carbons (Fsp3) is 0.505. The van der Waals surface area contributed by atoms with Crippen molar-refractivity contribution in [2.75, 3.05) is 45.4 Å². The topological polar surface area (TPSA) is 131 Å². The first-order chi connectivity index (χ1) is 54.2. The van der Waals surface area contributed by atoms with Crippen LogP contribution in [-0.4, -0.2) is 61.6 Å². The van der Waals surface area contributed by atoms with E-state index in [1.165, 1.54) is 205 Å². The van der Waals surface area contributed by atoms with Crippen LogP contribution >= 0.6 is 0 Å². The third-order valence-corrected chi connectivity index (χ3v) is 21.3. The third kappa shape index (κ3) is 29.3. The van der Waals surface area contributed by atoms with Gasteiger partial charge in [0.1, 0.15) is 23.0 Å².